The Balaban J connectivity index is 1.55. The monoisotopic (exact) mass is 415 g/mol. The Morgan fingerprint density at radius 1 is 1.03 bits per heavy atom. The minimum atomic E-state index is -0.427. The van der Waals surface area contributed by atoms with Gasteiger partial charge in [-0.05, 0) is 72.5 Å². The number of hydrogen-bond acceptors (Lipinski definition) is 3. The normalized spacial score (nSPS) is 15.1. The van der Waals surface area contributed by atoms with Crippen LogP contribution in [0, 0.1) is 0 Å². The molecular formula is C26H29N3O2. The maximum absolute atomic E-state index is 12.4. The number of rotatable bonds is 7. The lowest BCUT2D eigenvalue weighted by molar-refractivity contribution is -0.117. The van der Waals surface area contributed by atoms with Crippen LogP contribution in [0.4, 0.5) is 0 Å². The molecule has 31 heavy (non-hydrogen) atoms. The van der Waals surface area contributed by atoms with Gasteiger partial charge in [-0.25, -0.2) is 0 Å². The van der Waals surface area contributed by atoms with Crippen LogP contribution in [-0.2, 0) is 4.79 Å². The van der Waals surface area contributed by atoms with E-state index in [1.54, 1.807) is 0 Å². The van der Waals surface area contributed by atoms with Crippen molar-refractivity contribution in [1.82, 2.24) is 10.2 Å². The topological polar surface area (TPSA) is 75.4 Å². The number of primary amides is 1. The van der Waals surface area contributed by atoms with Crippen LogP contribution in [0.15, 0.2) is 60.7 Å². The summed E-state index contributed by atoms with van der Waals surface area (Å²) < 4.78 is 0. The van der Waals surface area contributed by atoms with Gasteiger partial charge >= 0.3 is 0 Å². The highest BCUT2D eigenvalue weighted by molar-refractivity contribution is 6.02. The van der Waals surface area contributed by atoms with Crippen LogP contribution in [0.25, 0.3) is 21.9 Å². The van der Waals surface area contributed by atoms with Crippen molar-refractivity contribution in [2.24, 2.45) is 5.73 Å². The summed E-state index contributed by atoms with van der Waals surface area (Å²) in [6.45, 7) is 4.90. The number of hydrogen-bond donors (Lipinski definition) is 2. The van der Waals surface area contributed by atoms with Gasteiger partial charge in [0, 0.05) is 24.6 Å². The number of nitrogens with one attached hydrogen (secondary N) is 1. The second kappa shape index (κ2) is 9.31. The van der Waals surface area contributed by atoms with Crippen LogP contribution in [0.2, 0.25) is 0 Å². The highest BCUT2D eigenvalue weighted by Crippen LogP contribution is 2.31. The van der Waals surface area contributed by atoms with E-state index in [-0.39, 0.29) is 18.9 Å². The minimum Gasteiger partial charge on any atom is -0.370 e. The number of benzene rings is 3. The quantitative estimate of drug-likeness (QED) is 0.605. The second-order valence-corrected chi connectivity index (χ2v) is 8.25. The van der Waals surface area contributed by atoms with E-state index in [2.05, 4.69) is 47.5 Å². The zero-order valence-electron chi connectivity index (χ0n) is 17.9. The molecule has 0 radical (unpaired) electrons. The molecule has 1 atom stereocenters. The van der Waals surface area contributed by atoms with Crippen LogP contribution in [-0.4, -0.2) is 36.3 Å². The number of carbonyl (C=O) groups excluding carboxylic acids is 2. The Morgan fingerprint density at radius 2 is 1.77 bits per heavy atom. The molecule has 5 heteroatoms. The van der Waals surface area contributed by atoms with E-state index < -0.39 is 5.91 Å². The molecule has 2 amide bonds. The lowest BCUT2D eigenvalue weighted by Gasteiger charge is -2.24. The predicted octanol–water partition coefficient (Wildman–Crippen LogP) is 4.27. The summed E-state index contributed by atoms with van der Waals surface area (Å²) in [7, 11) is 0. The molecule has 1 aliphatic rings. The summed E-state index contributed by atoms with van der Waals surface area (Å²) in [6.07, 6.45) is 2.73. The van der Waals surface area contributed by atoms with Gasteiger partial charge in [0.2, 0.25) is 5.91 Å². The highest BCUT2D eigenvalue weighted by Gasteiger charge is 2.19. The third-order valence-electron chi connectivity index (χ3n) is 6.19. The van der Waals surface area contributed by atoms with E-state index in [1.807, 2.05) is 30.3 Å². The number of nitrogens with zero attached hydrogens (tertiary/aromatic N) is 1. The number of amides is 2. The molecule has 1 unspecified atom stereocenters. The molecule has 3 aromatic rings. The molecule has 4 rings (SSSR count). The van der Waals surface area contributed by atoms with Crippen molar-refractivity contribution in [2.45, 2.75) is 32.2 Å². The molecule has 5 nitrogen and oxygen atoms in total. The maximum Gasteiger partial charge on any atom is 0.251 e. The Bertz CT molecular complexity index is 1090. The second-order valence-electron chi connectivity index (χ2n) is 8.25. The molecule has 3 aromatic carbocycles. The first-order valence-corrected chi connectivity index (χ1v) is 11.0. The largest absolute Gasteiger partial charge is 0.370 e. The lowest BCUT2D eigenvalue weighted by atomic mass is 9.95. The van der Waals surface area contributed by atoms with Gasteiger partial charge in [-0.15, -0.1) is 0 Å². The summed E-state index contributed by atoms with van der Waals surface area (Å²) in [5.41, 5.74) is 9.37. The first-order chi connectivity index (χ1) is 15.0. The fourth-order valence-electron chi connectivity index (χ4n) is 4.36. The van der Waals surface area contributed by atoms with E-state index in [0.29, 0.717) is 11.6 Å². The van der Waals surface area contributed by atoms with Crippen LogP contribution in [0.3, 0.4) is 0 Å². The van der Waals surface area contributed by atoms with Crippen molar-refractivity contribution in [3.63, 3.8) is 0 Å². The number of carbonyl (C=O) groups is 2. The Morgan fingerprint density at radius 3 is 2.48 bits per heavy atom. The van der Waals surface area contributed by atoms with Crippen molar-refractivity contribution >= 4 is 22.6 Å². The van der Waals surface area contributed by atoms with Gasteiger partial charge in [0.25, 0.3) is 5.91 Å². The van der Waals surface area contributed by atoms with Gasteiger partial charge in [0.05, 0.1) is 0 Å². The van der Waals surface area contributed by atoms with Gasteiger partial charge in [-0.2, -0.15) is 0 Å². The SMILES string of the molecule is CC(c1ccc(-c2cccc3cc(C(=O)NCCC(N)=O)ccc23)cc1)N1CCCC1. The average molecular weight is 416 g/mol. The third-order valence-corrected chi connectivity index (χ3v) is 6.19. The molecule has 3 N–H and O–H groups in total. The van der Waals surface area contributed by atoms with E-state index in [4.69, 9.17) is 5.73 Å². The van der Waals surface area contributed by atoms with Crippen LogP contribution in [0.1, 0.15) is 48.1 Å². The summed E-state index contributed by atoms with van der Waals surface area (Å²) in [6, 6.07) is 21.2. The molecule has 1 saturated heterocycles. The molecule has 1 fully saturated rings. The third kappa shape index (κ3) is 4.78. The molecule has 160 valence electrons. The Kier molecular flexibility index (Phi) is 6.33. The lowest BCUT2D eigenvalue weighted by Crippen LogP contribution is -2.27. The van der Waals surface area contributed by atoms with Crippen LogP contribution in [0.5, 0.6) is 0 Å². The molecular weight excluding hydrogens is 386 g/mol. The fourth-order valence-corrected chi connectivity index (χ4v) is 4.36. The summed E-state index contributed by atoms with van der Waals surface area (Å²) in [5, 5.41) is 4.85. The van der Waals surface area contributed by atoms with E-state index in [0.717, 1.165) is 16.3 Å². The summed E-state index contributed by atoms with van der Waals surface area (Å²) >= 11 is 0. The standard InChI is InChI=1S/C26H29N3O2/c1-18(29-15-2-3-16-29)19-7-9-20(10-8-19)23-6-4-5-21-17-22(11-12-24(21)23)26(31)28-14-13-25(27)30/h4-12,17-18H,2-3,13-16H2,1H3,(H2,27,30)(H,28,31). The van der Waals surface area contributed by atoms with E-state index >= 15 is 0 Å². The van der Waals surface area contributed by atoms with Gasteiger partial charge in [0.15, 0.2) is 0 Å². The highest BCUT2D eigenvalue weighted by atomic mass is 16.2. The average Bonchev–Trinajstić information content (AvgIpc) is 3.32. The molecule has 0 aromatic heterocycles. The van der Waals surface area contributed by atoms with E-state index in [9.17, 15) is 9.59 Å². The number of nitrogens with two attached hydrogens (primary N) is 1. The maximum atomic E-state index is 12.4. The van der Waals surface area contributed by atoms with Crippen LogP contribution >= 0.6 is 0 Å². The molecule has 0 spiro atoms. The van der Waals surface area contributed by atoms with Crippen molar-refractivity contribution < 1.29 is 9.59 Å². The number of fused-ring (bicyclic) bond motifs is 1. The zero-order chi connectivity index (χ0) is 21.8. The van der Waals surface area contributed by atoms with Crippen LogP contribution < -0.4 is 11.1 Å². The molecule has 0 saturated carbocycles. The van der Waals surface area contributed by atoms with E-state index in [1.165, 1.54) is 37.1 Å². The Hall–Kier alpha value is -3.18. The molecule has 1 aliphatic heterocycles. The first kappa shape index (κ1) is 21.1. The number of likely N-dealkylation sites (tertiary alicyclic amines) is 1. The van der Waals surface area contributed by atoms with Crippen molar-refractivity contribution in [2.75, 3.05) is 19.6 Å². The minimum absolute atomic E-state index is 0.135. The molecule has 1 heterocycles. The summed E-state index contributed by atoms with van der Waals surface area (Å²) in [5.74, 6) is -0.627. The van der Waals surface area contributed by atoms with Gasteiger partial charge in [-0.3, -0.25) is 14.5 Å². The zero-order valence-corrected chi connectivity index (χ0v) is 17.9. The van der Waals surface area contributed by atoms with Gasteiger partial charge < -0.3 is 11.1 Å². The van der Waals surface area contributed by atoms with Gasteiger partial charge in [0.1, 0.15) is 0 Å². The molecule has 0 aliphatic carbocycles. The Labute approximate surface area is 183 Å². The van der Waals surface area contributed by atoms with Gasteiger partial charge in [-0.1, -0.05) is 48.5 Å². The molecule has 0 bridgehead atoms. The summed E-state index contributed by atoms with van der Waals surface area (Å²) in [4.78, 5) is 25.8. The van der Waals surface area contributed by atoms with Crippen molar-refractivity contribution in [3.05, 3.63) is 71.8 Å². The first-order valence-electron chi connectivity index (χ1n) is 11.0. The van der Waals surface area contributed by atoms with Crippen molar-refractivity contribution in [1.29, 1.82) is 0 Å². The fraction of sp³-hybridized carbons (Fsp3) is 0.308. The smallest absolute Gasteiger partial charge is 0.251 e. The van der Waals surface area contributed by atoms with Crippen molar-refractivity contribution in [3.8, 4) is 11.1 Å². The predicted molar refractivity (Wildman–Crippen MR) is 125 cm³/mol.